The molecule has 1 aromatic carbocycles. The minimum absolute atomic E-state index is 0.0263. The normalized spacial score (nSPS) is 14.4. The van der Waals surface area contributed by atoms with E-state index in [1.54, 1.807) is 0 Å². The van der Waals surface area contributed by atoms with Crippen LogP contribution < -0.4 is 20.1 Å². The van der Waals surface area contributed by atoms with E-state index in [2.05, 4.69) is 31.9 Å². The molecular formula is C14H22N2O2. The molecular weight excluding hydrogens is 228 g/mol. The van der Waals surface area contributed by atoms with Gasteiger partial charge in [0.2, 0.25) is 0 Å². The summed E-state index contributed by atoms with van der Waals surface area (Å²) in [4.78, 5) is 2.23. The Morgan fingerprint density at radius 3 is 2.56 bits per heavy atom. The van der Waals surface area contributed by atoms with Crippen molar-refractivity contribution in [2.45, 2.75) is 25.8 Å². The van der Waals surface area contributed by atoms with Crippen LogP contribution in [-0.4, -0.2) is 32.3 Å². The van der Waals surface area contributed by atoms with Gasteiger partial charge >= 0.3 is 0 Å². The van der Waals surface area contributed by atoms with Crippen LogP contribution in [0.25, 0.3) is 0 Å². The second kappa shape index (κ2) is 5.06. The van der Waals surface area contributed by atoms with Crippen molar-refractivity contribution in [1.29, 1.82) is 0 Å². The van der Waals surface area contributed by atoms with Gasteiger partial charge in [0.05, 0.1) is 0 Å². The van der Waals surface area contributed by atoms with Gasteiger partial charge in [0, 0.05) is 24.3 Å². The molecule has 0 aromatic heterocycles. The smallest absolute Gasteiger partial charge is 0.163 e. The van der Waals surface area contributed by atoms with Crippen LogP contribution in [0.4, 0.5) is 5.69 Å². The molecule has 0 unspecified atom stereocenters. The molecule has 100 valence electrons. The quantitative estimate of drug-likeness (QED) is 0.888. The largest absolute Gasteiger partial charge is 0.486 e. The molecule has 0 atom stereocenters. The Labute approximate surface area is 109 Å². The van der Waals surface area contributed by atoms with Crippen LogP contribution >= 0.6 is 0 Å². The lowest BCUT2D eigenvalue weighted by atomic mass is 9.98. The van der Waals surface area contributed by atoms with Gasteiger partial charge < -0.3 is 20.1 Å². The van der Waals surface area contributed by atoms with Gasteiger partial charge in [0.25, 0.3) is 0 Å². The van der Waals surface area contributed by atoms with Gasteiger partial charge in [-0.2, -0.15) is 0 Å². The lowest BCUT2D eigenvalue weighted by Gasteiger charge is -2.37. The molecule has 0 saturated heterocycles. The molecule has 0 spiro atoms. The van der Waals surface area contributed by atoms with Crippen molar-refractivity contribution in [2.24, 2.45) is 5.73 Å². The summed E-state index contributed by atoms with van der Waals surface area (Å²) in [5.74, 6) is 1.66. The van der Waals surface area contributed by atoms with Crippen molar-refractivity contribution in [3.8, 4) is 11.5 Å². The molecule has 1 aliphatic heterocycles. The predicted molar refractivity (Wildman–Crippen MR) is 73.6 cm³/mol. The molecule has 1 heterocycles. The zero-order chi connectivity index (χ0) is 13.2. The maximum Gasteiger partial charge on any atom is 0.163 e. The number of benzene rings is 1. The first-order valence-electron chi connectivity index (χ1n) is 6.38. The monoisotopic (exact) mass is 250 g/mol. The molecule has 18 heavy (non-hydrogen) atoms. The van der Waals surface area contributed by atoms with Crippen LogP contribution in [-0.2, 0) is 0 Å². The second-order valence-corrected chi connectivity index (χ2v) is 5.24. The topological polar surface area (TPSA) is 47.7 Å². The highest BCUT2D eigenvalue weighted by atomic mass is 16.6. The first-order chi connectivity index (χ1) is 8.54. The van der Waals surface area contributed by atoms with Crippen molar-refractivity contribution in [3.05, 3.63) is 18.2 Å². The second-order valence-electron chi connectivity index (χ2n) is 5.24. The van der Waals surface area contributed by atoms with E-state index in [1.807, 2.05) is 12.1 Å². The van der Waals surface area contributed by atoms with E-state index in [-0.39, 0.29) is 5.54 Å². The summed E-state index contributed by atoms with van der Waals surface area (Å²) in [5, 5.41) is 0. The van der Waals surface area contributed by atoms with Gasteiger partial charge in [-0.05, 0) is 38.9 Å². The van der Waals surface area contributed by atoms with Gasteiger partial charge in [-0.25, -0.2) is 0 Å². The van der Waals surface area contributed by atoms with Crippen molar-refractivity contribution in [2.75, 3.05) is 31.7 Å². The Bertz CT molecular complexity index is 418. The Morgan fingerprint density at radius 1 is 1.22 bits per heavy atom. The number of ether oxygens (including phenoxy) is 2. The van der Waals surface area contributed by atoms with Gasteiger partial charge in [-0.1, -0.05) is 0 Å². The number of fused-ring (bicyclic) bond motifs is 1. The highest BCUT2D eigenvalue weighted by Gasteiger charge is 2.24. The van der Waals surface area contributed by atoms with E-state index in [1.165, 1.54) is 0 Å². The van der Waals surface area contributed by atoms with Gasteiger partial charge in [-0.15, -0.1) is 0 Å². The number of rotatable bonds is 4. The van der Waals surface area contributed by atoms with Crippen molar-refractivity contribution < 1.29 is 9.47 Å². The zero-order valence-electron chi connectivity index (χ0n) is 11.4. The molecule has 2 N–H and O–H groups in total. The fourth-order valence-corrected chi connectivity index (χ4v) is 2.11. The summed E-state index contributed by atoms with van der Waals surface area (Å²) >= 11 is 0. The summed E-state index contributed by atoms with van der Waals surface area (Å²) < 4.78 is 11.1. The minimum atomic E-state index is 0.0263. The predicted octanol–water partition coefficient (Wildman–Crippen LogP) is 2.02. The van der Waals surface area contributed by atoms with Gasteiger partial charge in [0.1, 0.15) is 13.2 Å². The van der Waals surface area contributed by atoms with E-state index in [9.17, 15) is 0 Å². The van der Waals surface area contributed by atoms with Crippen molar-refractivity contribution >= 4 is 5.69 Å². The molecule has 2 rings (SSSR count). The molecule has 0 fully saturated rings. The number of nitrogens with zero attached hydrogens (tertiary/aromatic N) is 1. The molecule has 0 bridgehead atoms. The molecule has 1 aliphatic rings. The third kappa shape index (κ3) is 2.53. The molecule has 0 radical (unpaired) electrons. The standard InChI is InChI=1S/C14H22N2O2/c1-14(2,6-7-15)16(3)11-4-5-12-13(10-11)18-9-8-17-12/h4-5,10H,6-9,15H2,1-3H3. The Morgan fingerprint density at radius 2 is 1.89 bits per heavy atom. The number of hydrogen-bond acceptors (Lipinski definition) is 4. The van der Waals surface area contributed by atoms with E-state index in [0.717, 1.165) is 23.6 Å². The van der Waals surface area contributed by atoms with Crippen LogP contribution in [0, 0.1) is 0 Å². The summed E-state index contributed by atoms with van der Waals surface area (Å²) in [5.41, 5.74) is 6.82. The van der Waals surface area contributed by atoms with Crippen LogP contribution in [0.5, 0.6) is 11.5 Å². The van der Waals surface area contributed by atoms with E-state index in [4.69, 9.17) is 15.2 Å². The SMILES string of the molecule is CN(c1ccc2c(c1)OCCO2)C(C)(C)CCN. The molecule has 4 nitrogen and oxygen atoms in total. The summed E-state index contributed by atoms with van der Waals surface area (Å²) in [6.45, 7) is 6.31. The highest BCUT2D eigenvalue weighted by Crippen LogP contribution is 2.35. The van der Waals surface area contributed by atoms with Crippen molar-refractivity contribution in [1.82, 2.24) is 0 Å². The number of nitrogens with two attached hydrogens (primary N) is 1. The summed E-state index contributed by atoms with van der Waals surface area (Å²) in [6.07, 6.45) is 0.942. The Kier molecular flexibility index (Phi) is 3.66. The third-order valence-corrected chi connectivity index (χ3v) is 3.58. The van der Waals surface area contributed by atoms with Crippen LogP contribution in [0.2, 0.25) is 0 Å². The fraction of sp³-hybridized carbons (Fsp3) is 0.571. The average Bonchev–Trinajstić information content (AvgIpc) is 2.37. The minimum Gasteiger partial charge on any atom is -0.486 e. The number of anilines is 1. The van der Waals surface area contributed by atoms with Crippen LogP contribution in [0.1, 0.15) is 20.3 Å². The van der Waals surface area contributed by atoms with E-state index >= 15 is 0 Å². The molecule has 0 saturated carbocycles. The summed E-state index contributed by atoms with van der Waals surface area (Å²) in [6, 6.07) is 6.07. The van der Waals surface area contributed by atoms with Crippen molar-refractivity contribution in [3.63, 3.8) is 0 Å². The molecule has 1 aromatic rings. The Hall–Kier alpha value is -1.42. The Balaban J connectivity index is 2.23. The first-order valence-corrected chi connectivity index (χ1v) is 6.38. The van der Waals surface area contributed by atoms with E-state index in [0.29, 0.717) is 19.8 Å². The molecule has 0 aliphatic carbocycles. The third-order valence-electron chi connectivity index (χ3n) is 3.58. The number of hydrogen-bond donors (Lipinski definition) is 1. The lowest BCUT2D eigenvalue weighted by molar-refractivity contribution is 0.171. The van der Waals surface area contributed by atoms with Gasteiger partial charge in [0.15, 0.2) is 11.5 Å². The first kappa shape index (κ1) is 13.0. The zero-order valence-corrected chi connectivity index (χ0v) is 11.4. The van der Waals surface area contributed by atoms with Crippen LogP contribution in [0.15, 0.2) is 18.2 Å². The average molecular weight is 250 g/mol. The molecule has 4 heteroatoms. The maximum absolute atomic E-state index is 5.67. The highest BCUT2D eigenvalue weighted by molar-refractivity contribution is 5.57. The van der Waals surface area contributed by atoms with Gasteiger partial charge in [-0.3, -0.25) is 0 Å². The lowest BCUT2D eigenvalue weighted by Crippen LogP contribution is -2.42. The molecule has 0 amide bonds. The van der Waals surface area contributed by atoms with Crippen LogP contribution in [0.3, 0.4) is 0 Å². The summed E-state index contributed by atoms with van der Waals surface area (Å²) in [7, 11) is 2.08. The maximum atomic E-state index is 5.67. The van der Waals surface area contributed by atoms with E-state index < -0.39 is 0 Å². The fourth-order valence-electron chi connectivity index (χ4n) is 2.11.